The topological polar surface area (TPSA) is 74.3 Å². The first-order chi connectivity index (χ1) is 16.6. The van der Waals surface area contributed by atoms with Crippen molar-refractivity contribution in [3.05, 3.63) is 58.7 Å². The number of hydrogen-bond donors (Lipinski definition) is 2. The van der Waals surface area contributed by atoms with E-state index in [-0.39, 0.29) is 29.6 Å². The number of rotatable bonds is 6. The van der Waals surface area contributed by atoms with Gasteiger partial charge in [-0.3, -0.25) is 9.59 Å². The fourth-order valence-corrected chi connectivity index (χ4v) is 5.70. The van der Waals surface area contributed by atoms with E-state index in [4.69, 9.17) is 11.6 Å². The van der Waals surface area contributed by atoms with Gasteiger partial charge >= 0.3 is 6.18 Å². The molecule has 2 aliphatic heterocycles. The van der Waals surface area contributed by atoms with E-state index >= 15 is 0 Å². The summed E-state index contributed by atoms with van der Waals surface area (Å²) in [7, 11) is 0. The molecule has 3 fully saturated rings. The van der Waals surface area contributed by atoms with Gasteiger partial charge < -0.3 is 15.5 Å². The first-order valence-electron chi connectivity index (χ1n) is 11.8. The van der Waals surface area contributed by atoms with E-state index in [1.807, 2.05) is 29.6 Å². The molecule has 2 amide bonds. The Labute approximate surface area is 206 Å². The summed E-state index contributed by atoms with van der Waals surface area (Å²) in [6.45, 7) is -1.38. The van der Waals surface area contributed by atoms with Gasteiger partial charge in [-0.2, -0.15) is 13.2 Å². The zero-order valence-corrected chi connectivity index (χ0v) is 19.7. The van der Waals surface area contributed by atoms with Crippen molar-refractivity contribution in [3.8, 4) is 0 Å². The maximum Gasteiger partial charge on any atom is 0.405 e. The fraction of sp³-hybridized carbons (Fsp3) is 0.480. The Morgan fingerprint density at radius 3 is 2.40 bits per heavy atom. The summed E-state index contributed by atoms with van der Waals surface area (Å²) in [5, 5.41) is 5.78. The summed E-state index contributed by atoms with van der Waals surface area (Å²) in [4.78, 5) is 31.8. The molecule has 186 valence electrons. The number of alkyl halides is 3. The molecule has 2 aromatic rings. The minimum absolute atomic E-state index is 0.0602. The van der Waals surface area contributed by atoms with Crippen LogP contribution in [0.5, 0.6) is 0 Å². The van der Waals surface area contributed by atoms with Crippen LogP contribution >= 0.6 is 11.6 Å². The molecular weight excluding hydrogens is 481 g/mol. The van der Waals surface area contributed by atoms with Crippen LogP contribution in [0.25, 0.3) is 0 Å². The summed E-state index contributed by atoms with van der Waals surface area (Å²) >= 11 is 6.15. The fourth-order valence-electron chi connectivity index (χ4n) is 5.51. The zero-order valence-electron chi connectivity index (χ0n) is 18.9. The van der Waals surface area contributed by atoms with E-state index < -0.39 is 24.0 Å². The lowest BCUT2D eigenvalue weighted by Crippen LogP contribution is -2.52. The van der Waals surface area contributed by atoms with Crippen LogP contribution in [0.3, 0.4) is 0 Å². The van der Waals surface area contributed by atoms with E-state index in [0.29, 0.717) is 10.8 Å². The Morgan fingerprint density at radius 1 is 1.11 bits per heavy atom. The van der Waals surface area contributed by atoms with Crippen molar-refractivity contribution in [1.29, 1.82) is 0 Å². The average molecular weight is 507 g/mol. The van der Waals surface area contributed by atoms with Gasteiger partial charge in [-0.1, -0.05) is 23.7 Å². The predicted octanol–water partition coefficient (Wildman–Crippen LogP) is 4.37. The number of nitrogens with one attached hydrogen (secondary N) is 2. The van der Waals surface area contributed by atoms with Crippen molar-refractivity contribution in [2.24, 2.45) is 0 Å². The average Bonchev–Trinajstić information content (AvgIpc) is 3.58. The molecule has 3 heterocycles. The van der Waals surface area contributed by atoms with E-state index in [9.17, 15) is 22.8 Å². The number of halogens is 4. The number of benzene rings is 1. The highest BCUT2D eigenvalue weighted by Gasteiger charge is 2.52. The maximum absolute atomic E-state index is 13.2. The number of aromatic nitrogens is 1. The van der Waals surface area contributed by atoms with Crippen molar-refractivity contribution >= 4 is 29.2 Å². The van der Waals surface area contributed by atoms with Crippen molar-refractivity contribution in [2.45, 2.75) is 68.2 Å². The van der Waals surface area contributed by atoms with E-state index in [2.05, 4.69) is 15.2 Å². The van der Waals surface area contributed by atoms with Crippen molar-refractivity contribution in [3.63, 3.8) is 0 Å². The van der Waals surface area contributed by atoms with Gasteiger partial charge in [0.1, 0.15) is 12.4 Å². The number of fused-ring (bicyclic) bond motifs is 2. The molecule has 35 heavy (non-hydrogen) atoms. The lowest BCUT2D eigenvalue weighted by Gasteiger charge is -2.40. The second kappa shape index (κ2) is 9.00. The van der Waals surface area contributed by atoms with Crippen molar-refractivity contribution < 1.29 is 22.8 Å². The third-order valence-corrected chi connectivity index (χ3v) is 7.59. The van der Waals surface area contributed by atoms with Crippen LogP contribution in [-0.4, -0.2) is 47.6 Å². The van der Waals surface area contributed by atoms with Crippen LogP contribution < -0.4 is 15.5 Å². The van der Waals surface area contributed by atoms with Gasteiger partial charge in [0.2, 0.25) is 5.91 Å². The molecule has 1 saturated carbocycles. The molecule has 2 saturated heterocycles. The van der Waals surface area contributed by atoms with Crippen LogP contribution in [-0.2, 0) is 10.2 Å². The number of carbonyl (C=O) groups is 2. The van der Waals surface area contributed by atoms with Crippen molar-refractivity contribution in [1.82, 2.24) is 15.6 Å². The number of piperidine rings is 1. The molecule has 5 rings (SSSR count). The summed E-state index contributed by atoms with van der Waals surface area (Å²) in [6, 6.07) is 11.2. The molecule has 1 aromatic heterocycles. The summed E-state index contributed by atoms with van der Waals surface area (Å²) in [5.41, 5.74) is 0.570. The maximum atomic E-state index is 13.2. The van der Waals surface area contributed by atoms with E-state index in [1.165, 1.54) is 12.3 Å². The van der Waals surface area contributed by atoms with Gasteiger partial charge in [0.15, 0.2) is 0 Å². The SMILES string of the molecule is O=C(NCC(F)(F)F)c1ccc(N2C3CCC2CC(NC(=O)C2(c4cccc(Cl)c4)CC2)C3)nc1. The molecule has 2 unspecified atom stereocenters. The Balaban J connectivity index is 1.21. The smallest absolute Gasteiger partial charge is 0.352 e. The standard InChI is InChI=1S/C25H26ClF3N4O2/c26-17-3-1-2-16(10-17)24(8-9-24)23(35)32-18-11-19-5-6-20(12-18)33(19)21-7-4-15(13-30-21)22(34)31-14-25(27,28)29/h1-4,7,10,13,18-20H,5-6,8-9,11-12,14H2,(H,31,34)(H,32,35). The monoisotopic (exact) mass is 506 g/mol. The summed E-state index contributed by atoms with van der Waals surface area (Å²) < 4.78 is 37.0. The molecule has 6 nitrogen and oxygen atoms in total. The van der Waals surface area contributed by atoms with Crippen molar-refractivity contribution in [2.75, 3.05) is 11.4 Å². The van der Waals surface area contributed by atoms with E-state index in [1.54, 1.807) is 6.07 Å². The van der Waals surface area contributed by atoms with Gasteiger partial charge in [0.05, 0.1) is 11.0 Å². The largest absolute Gasteiger partial charge is 0.405 e. The summed E-state index contributed by atoms with van der Waals surface area (Å²) in [5.74, 6) is -0.0447. The minimum atomic E-state index is -4.46. The van der Waals surface area contributed by atoms with Crippen LogP contribution in [0.1, 0.15) is 54.4 Å². The molecule has 2 atom stereocenters. The van der Waals surface area contributed by atoms with Crippen LogP contribution in [0.4, 0.5) is 19.0 Å². The van der Waals surface area contributed by atoms with Gasteiger partial charge in [-0.15, -0.1) is 0 Å². The highest BCUT2D eigenvalue weighted by molar-refractivity contribution is 6.30. The van der Waals surface area contributed by atoms with Crippen LogP contribution in [0.15, 0.2) is 42.6 Å². The third kappa shape index (κ3) is 4.96. The Kier molecular flexibility index (Phi) is 6.15. The normalized spacial score (nSPS) is 24.7. The molecular formula is C25H26ClF3N4O2. The van der Waals surface area contributed by atoms with Gasteiger partial charge in [-0.05, 0) is 68.4 Å². The molecule has 2 bridgehead atoms. The van der Waals surface area contributed by atoms with E-state index in [0.717, 1.165) is 44.1 Å². The molecule has 3 aliphatic rings. The second-order valence-electron chi connectivity index (χ2n) is 9.73. The second-order valence-corrected chi connectivity index (χ2v) is 10.2. The third-order valence-electron chi connectivity index (χ3n) is 7.35. The molecule has 0 spiro atoms. The predicted molar refractivity (Wildman–Crippen MR) is 125 cm³/mol. The van der Waals surface area contributed by atoms with Gasteiger partial charge in [0.25, 0.3) is 5.91 Å². The van der Waals surface area contributed by atoms with Crippen LogP contribution in [0, 0.1) is 0 Å². The Bertz CT molecular complexity index is 1110. The quantitative estimate of drug-likeness (QED) is 0.610. The number of hydrogen-bond acceptors (Lipinski definition) is 4. The number of pyridine rings is 1. The molecule has 1 aliphatic carbocycles. The highest BCUT2D eigenvalue weighted by atomic mass is 35.5. The Hall–Kier alpha value is -2.81. The lowest BCUT2D eigenvalue weighted by atomic mass is 9.92. The molecule has 1 aromatic carbocycles. The number of nitrogens with zero attached hydrogens (tertiary/aromatic N) is 2. The first kappa shape index (κ1) is 23.9. The highest BCUT2D eigenvalue weighted by Crippen LogP contribution is 2.49. The van der Waals surface area contributed by atoms with Gasteiger partial charge in [0, 0.05) is 29.3 Å². The lowest BCUT2D eigenvalue weighted by molar-refractivity contribution is -0.124. The number of carbonyl (C=O) groups excluding carboxylic acids is 2. The minimum Gasteiger partial charge on any atom is -0.352 e. The number of amides is 2. The molecule has 10 heteroatoms. The van der Waals surface area contributed by atoms with Crippen LogP contribution in [0.2, 0.25) is 5.02 Å². The Morgan fingerprint density at radius 2 is 1.83 bits per heavy atom. The zero-order chi connectivity index (χ0) is 24.8. The van der Waals surface area contributed by atoms with Gasteiger partial charge in [-0.25, -0.2) is 4.98 Å². The summed E-state index contributed by atoms with van der Waals surface area (Å²) in [6.07, 6.45) is 2.03. The first-order valence-corrected chi connectivity index (χ1v) is 12.2. The molecule has 0 radical (unpaired) electrons. The number of anilines is 1. The molecule has 2 N–H and O–H groups in total.